The Labute approximate surface area is 171 Å². The van der Waals surface area contributed by atoms with Gasteiger partial charge in [-0.25, -0.2) is 9.50 Å². The summed E-state index contributed by atoms with van der Waals surface area (Å²) in [4.78, 5) is 25.4. The van der Waals surface area contributed by atoms with Crippen molar-refractivity contribution in [3.63, 3.8) is 0 Å². The van der Waals surface area contributed by atoms with Gasteiger partial charge in [0.25, 0.3) is 0 Å². The van der Waals surface area contributed by atoms with Crippen LogP contribution >= 0.6 is 0 Å². The highest BCUT2D eigenvalue weighted by Crippen LogP contribution is 2.24. The van der Waals surface area contributed by atoms with Gasteiger partial charge in [0.2, 0.25) is 5.91 Å². The third kappa shape index (κ3) is 4.09. The zero-order chi connectivity index (χ0) is 20.4. The number of aromatic nitrogens is 4. The summed E-state index contributed by atoms with van der Waals surface area (Å²) in [5.41, 5.74) is 2.77. The van der Waals surface area contributed by atoms with Gasteiger partial charge in [-0.1, -0.05) is 13.8 Å². The molecule has 0 N–H and O–H groups in total. The van der Waals surface area contributed by atoms with Gasteiger partial charge in [-0.2, -0.15) is 0 Å². The van der Waals surface area contributed by atoms with Gasteiger partial charge in [-0.05, 0) is 43.0 Å². The van der Waals surface area contributed by atoms with Crippen LogP contribution in [0.5, 0.6) is 0 Å². The van der Waals surface area contributed by atoms with E-state index in [-0.39, 0.29) is 11.9 Å². The Hall–Kier alpha value is -2.96. The molecule has 0 aromatic carbocycles. The summed E-state index contributed by atoms with van der Waals surface area (Å²) >= 11 is 0. The summed E-state index contributed by atoms with van der Waals surface area (Å²) in [6.07, 6.45) is 8.12. The molecule has 0 radical (unpaired) electrons. The lowest BCUT2D eigenvalue weighted by atomic mass is 10.1. The molecule has 1 saturated heterocycles. The zero-order valence-electron chi connectivity index (χ0n) is 17.3. The lowest BCUT2D eigenvalue weighted by Crippen LogP contribution is -2.42. The first-order chi connectivity index (χ1) is 14.0. The van der Waals surface area contributed by atoms with Gasteiger partial charge < -0.3 is 9.80 Å². The van der Waals surface area contributed by atoms with Gasteiger partial charge in [-0.3, -0.25) is 9.78 Å². The highest BCUT2D eigenvalue weighted by atomic mass is 16.2. The monoisotopic (exact) mass is 392 g/mol. The first-order valence-electron chi connectivity index (χ1n) is 10.3. The van der Waals surface area contributed by atoms with Crippen molar-refractivity contribution in [2.45, 2.75) is 39.2 Å². The number of anilines is 1. The molecule has 29 heavy (non-hydrogen) atoms. The first kappa shape index (κ1) is 19.4. The molecule has 3 aromatic rings. The van der Waals surface area contributed by atoms with Crippen LogP contribution < -0.4 is 4.90 Å². The van der Waals surface area contributed by atoms with Crippen LogP contribution in [0.15, 0.2) is 42.9 Å². The van der Waals surface area contributed by atoms with E-state index in [0.29, 0.717) is 12.3 Å². The Balaban J connectivity index is 1.54. The number of pyridine rings is 1. The van der Waals surface area contributed by atoms with E-state index in [2.05, 4.69) is 33.6 Å². The molecule has 1 atom stereocenters. The maximum absolute atomic E-state index is 12.6. The van der Waals surface area contributed by atoms with Crippen molar-refractivity contribution in [2.75, 3.05) is 25.0 Å². The van der Waals surface area contributed by atoms with E-state index in [1.165, 1.54) is 0 Å². The number of rotatable bonds is 6. The van der Waals surface area contributed by atoms with Crippen LogP contribution in [-0.2, 0) is 4.79 Å². The van der Waals surface area contributed by atoms with Crippen LogP contribution in [0.2, 0.25) is 0 Å². The second-order valence-corrected chi connectivity index (χ2v) is 8.20. The van der Waals surface area contributed by atoms with E-state index in [9.17, 15) is 4.79 Å². The van der Waals surface area contributed by atoms with Crippen LogP contribution in [0.3, 0.4) is 0 Å². The number of nitrogens with zero attached hydrogens (tertiary/aromatic N) is 6. The lowest BCUT2D eigenvalue weighted by molar-refractivity contribution is -0.132. The molecule has 1 fully saturated rings. The van der Waals surface area contributed by atoms with Crippen molar-refractivity contribution in [1.29, 1.82) is 0 Å². The maximum Gasteiger partial charge on any atom is 0.223 e. The molecule has 1 aliphatic heterocycles. The summed E-state index contributed by atoms with van der Waals surface area (Å²) in [6, 6.07) is 8.13. The van der Waals surface area contributed by atoms with Crippen LogP contribution in [0, 0.1) is 5.92 Å². The Morgan fingerprint density at radius 1 is 1.24 bits per heavy atom. The maximum atomic E-state index is 12.6. The molecule has 0 aliphatic carbocycles. The molecule has 3 aromatic heterocycles. The largest absolute Gasteiger partial charge is 0.356 e. The number of likely N-dealkylation sites (N-methyl/N-ethyl adjacent to an activating group) is 1. The zero-order valence-corrected chi connectivity index (χ0v) is 17.3. The fraction of sp³-hybridized carbons (Fsp3) is 0.455. The molecule has 7 nitrogen and oxygen atoms in total. The van der Waals surface area contributed by atoms with E-state index in [1.807, 2.05) is 42.0 Å². The van der Waals surface area contributed by atoms with Crippen LogP contribution in [0.4, 0.5) is 5.82 Å². The van der Waals surface area contributed by atoms with Gasteiger partial charge in [0.15, 0.2) is 5.65 Å². The van der Waals surface area contributed by atoms with Crippen LogP contribution in [0.25, 0.3) is 16.9 Å². The topological polar surface area (TPSA) is 66.6 Å². The van der Waals surface area contributed by atoms with Crippen molar-refractivity contribution in [2.24, 2.45) is 5.92 Å². The van der Waals surface area contributed by atoms with E-state index < -0.39 is 0 Å². The highest BCUT2D eigenvalue weighted by Gasteiger charge is 2.30. The highest BCUT2D eigenvalue weighted by molar-refractivity contribution is 5.77. The smallest absolute Gasteiger partial charge is 0.223 e. The molecule has 0 spiro atoms. The van der Waals surface area contributed by atoms with E-state index in [4.69, 9.17) is 5.10 Å². The molecule has 0 unspecified atom stereocenters. The van der Waals surface area contributed by atoms with Crippen LogP contribution in [-0.4, -0.2) is 56.6 Å². The number of fused-ring (bicyclic) bond motifs is 1. The molecule has 4 heterocycles. The van der Waals surface area contributed by atoms with Gasteiger partial charge >= 0.3 is 0 Å². The fourth-order valence-electron chi connectivity index (χ4n) is 4.02. The number of imidazole rings is 1. The minimum absolute atomic E-state index is 0.242. The summed E-state index contributed by atoms with van der Waals surface area (Å²) < 4.78 is 1.87. The normalized spacial score (nSPS) is 16.7. The Morgan fingerprint density at radius 2 is 2.03 bits per heavy atom. The second-order valence-electron chi connectivity index (χ2n) is 8.20. The van der Waals surface area contributed by atoms with E-state index in [0.717, 1.165) is 48.7 Å². The van der Waals surface area contributed by atoms with Crippen molar-refractivity contribution < 1.29 is 4.79 Å². The molecule has 152 valence electrons. The Bertz CT molecular complexity index is 983. The predicted octanol–water partition coefficient (Wildman–Crippen LogP) is 3.26. The molecular formula is C22H28N6O. The van der Waals surface area contributed by atoms with Gasteiger partial charge in [0, 0.05) is 50.6 Å². The standard InChI is InChI=1S/C22H28N6O/c1-16(2)13-22(29)27-12-4-5-18(27)15-26(3)21-7-6-20-24-14-19(28(20)25-21)17-8-10-23-11-9-17/h6-11,14,16,18H,4-5,12-13,15H2,1-3H3/t18-/m0/s1. The summed E-state index contributed by atoms with van der Waals surface area (Å²) in [5, 5.41) is 4.83. The summed E-state index contributed by atoms with van der Waals surface area (Å²) in [5.74, 6) is 1.53. The van der Waals surface area contributed by atoms with E-state index >= 15 is 0 Å². The Kier molecular flexibility index (Phi) is 5.47. The minimum Gasteiger partial charge on any atom is -0.356 e. The lowest BCUT2D eigenvalue weighted by Gasteiger charge is -2.29. The minimum atomic E-state index is 0.242. The molecule has 1 aliphatic rings. The Morgan fingerprint density at radius 3 is 2.79 bits per heavy atom. The molecule has 4 rings (SSSR count). The van der Waals surface area contributed by atoms with Crippen molar-refractivity contribution in [1.82, 2.24) is 24.5 Å². The summed E-state index contributed by atoms with van der Waals surface area (Å²) in [6.45, 7) is 5.84. The number of hydrogen-bond acceptors (Lipinski definition) is 5. The van der Waals surface area contributed by atoms with Crippen molar-refractivity contribution in [3.8, 4) is 11.3 Å². The average molecular weight is 393 g/mol. The number of hydrogen-bond donors (Lipinski definition) is 0. The number of carbonyl (C=O) groups is 1. The third-order valence-corrected chi connectivity index (χ3v) is 5.48. The SMILES string of the molecule is CC(C)CC(=O)N1CCC[C@H]1CN(C)c1ccc2ncc(-c3ccncc3)n2n1. The third-order valence-electron chi connectivity index (χ3n) is 5.48. The number of amides is 1. The summed E-state index contributed by atoms with van der Waals surface area (Å²) in [7, 11) is 2.04. The second kappa shape index (κ2) is 8.19. The molecule has 7 heteroatoms. The van der Waals surface area contributed by atoms with E-state index in [1.54, 1.807) is 12.4 Å². The van der Waals surface area contributed by atoms with Gasteiger partial charge in [0.1, 0.15) is 5.82 Å². The number of carbonyl (C=O) groups excluding carboxylic acids is 1. The fourth-order valence-corrected chi connectivity index (χ4v) is 4.02. The average Bonchev–Trinajstić information content (AvgIpc) is 3.34. The molecule has 0 saturated carbocycles. The first-order valence-corrected chi connectivity index (χ1v) is 10.3. The van der Waals surface area contributed by atoms with Crippen LogP contribution in [0.1, 0.15) is 33.1 Å². The van der Waals surface area contributed by atoms with Gasteiger partial charge in [-0.15, -0.1) is 5.10 Å². The number of likely N-dealkylation sites (tertiary alicyclic amines) is 1. The molecule has 1 amide bonds. The van der Waals surface area contributed by atoms with Gasteiger partial charge in [0.05, 0.1) is 11.9 Å². The molecular weight excluding hydrogens is 364 g/mol. The van der Waals surface area contributed by atoms with Crippen molar-refractivity contribution >= 4 is 17.4 Å². The quantitative estimate of drug-likeness (QED) is 0.644. The predicted molar refractivity (Wildman–Crippen MR) is 114 cm³/mol. The van der Waals surface area contributed by atoms with Crippen molar-refractivity contribution in [3.05, 3.63) is 42.9 Å². The molecule has 0 bridgehead atoms.